The number of carbonyl (C=O) groups is 1. The summed E-state index contributed by atoms with van der Waals surface area (Å²) in [5, 5.41) is 0. The molecule has 0 aliphatic carbocycles. The van der Waals surface area contributed by atoms with Crippen molar-refractivity contribution in [2.24, 2.45) is 0 Å². The summed E-state index contributed by atoms with van der Waals surface area (Å²) in [7, 11) is 0. The average Bonchev–Trinajstić information content (AvgIpc) is 1.61. The second-order valence-electron chi connectivity index (χ2n) is 0.826. The summed E-state index contributed by atoms with van der Waals surface area (Å²) in [5.74, 6) is 0. The second-order valence-corrected chi connectivity index (χ2v) is 0.826. The van der Waals surface area contributed by atoms with Crippen molar-refractivity contribution in [1.29, 1.82) is 0 Å². The zero-order chi connectivity index (χ0) is 4.83. The van der Waals surface area contributed by atoms with Crippen LogP contribution >= 0.6 is 0 Å². The number of hydrogen-bond acceptors (Lipinski definition) is 2. The number of ether oxygens (including phenoxy) is 1. The number of carbonyl (C=O) groups excluding carboxylic acids is 1. The SMILES string of the molecule is CCOCC=O.[GeH4]. The molecule has 0 aromatic carbocycles. The molecule has 0 aromatic heterocycles. The fourth-order valence-corrected chi connectivity index (χ4v) is 0.166. The van der Waals surface area contributed by atoms with Gasteiger partial charge in [0.05, 0.1) is 0 Å². The normalized spacial score (nSPS) is 7.00. The van der Waals surface area contributed by atoms with Crippen LogP contribution in [0.15, 0.2) is 0 Å². The molecule has 0 atom stereocenters. The van der Waals surface area contributed by atoms with Crippen LogP contribution in [0.4, 0.5) is 0 Å². The Balaban J connectivity index is 0. The minimum absolute atomic E-state index is 0. The summed E-state index contributed by atoms with van der Waals surface area (Å²) < 4.78 is 4.61. The molecule has 0 aliphatic rings. The Bertz CT molecular complexity index is 38.7. The first-order valence-electron chi connectivity index (χ1n) is 1.93. The van der Waals surface area contributed by atoms with Crippen molar-refractivity contribution in [2.45, 2.75) is 6.92 Å². The van der Waals surface area contributed by atoms with Crippen LogP contribution in [0.2, 0.25) is 0 Å². The fraction of sp³-hybridized carbons (Fsp3) is 0.750. The van der Waals surface area contributed by atoms with E-state index in [9.17, 15) is 4.79 Å². The van der Waals surface area contributed by atoms with Gasteiger partial charge in [0.1, 0.15) is 12.9 Å². The Kier molecular flexibility index (Phi) is 13.8. The maximum absolute atomic E-state index is 9.44. The molecule has 3 heteroatoms. The first-order valence-corrected chi connectivity index (χ1v) is 1.93. The summed E-state index contributed by atoms with van der Waals surface area (Å²) in [6.45, 7) is 2.71. The molecule has 0 unspecified atom stereocenters. The van der Waals surface area contributed by atoms with Gasteiger partial charge < -0.3 is 9.53 Å². The molecule has 7 heavy (non-hydrogen) atoms. The first-order chi connectivity index (χ1) is 2.91. The van der Waals surface area contributed by atoms with Gasteiger partial charge in [0.2, 0.25) is 0 Å². The molecule has 0 aliphatic heterocycles. The molecule has 0 spiro atoms. The van der Waals surface area contributed by atoms with Gasteiger partial charge in [-0.25, -0.2) is 0 Å². The fourth-order valence-electron chi connectivity index (χ4n) is 0.166. The van der Waals surface area contributed by atoms with Gasteiger partial charge in [0, 0.05) is 6.61 Å². The predicted molar refractivity (Wildman–Crippen MR) is 33.9 cm³/mol. The van der Waals surface area contributed by atoms with Crippen molar-refractivity contribution < 1.29 is 9.53 Å². The Hall–Kier alpha value is 0.173. The molecule has 0 aromatic rings. The Morgan fingerprint density at radius 1 is 1.71 bits per heavy atom. The molecule has 44 valence electrons. The third-order valence-electron chi connectivity index (χ3n) is 0.390. The molecular weight excluding hydrogens is 153 g/mol. The van der Waals surface area contributed by atoms with Crippen molar-refractivity contribution in [1.82, 2.24) is 0 Å². The van der Waals surface area contributed by atoms with Gasteiger partial charge in [-0.1, -0.05) is 0 Å². The molecule has 0 N–H and O–H groups in total. The van der Waals surface area contributed by atoms with Crippen LogP contribution in [0.1, 0.15) is 6.92 Å². The third-order valence-corrected chi connectivity index (χ3v) is 0.390. The van der Waals surface area contributed by atoms with Crippen LogP contribution in [0, 0.1) is 0 Å². The van der Waals surface area contributed by atoms with Crippen molar-refractivity contribution >= 4 is 23.9 Å². The second kappa shape index (κ2) is 9.49. The predicted octanol–water partition coefficient (Wildman–Crippen LogP) is -1.23. The average molecular weight is 165 g/mol. The molecule has 0 bridgehead atoms. The van der Waals surface area contributed by atoms with E-state index < -0.39 is 0 Å². The van der Waals surface area contributed by atoms with Crippen LogP contribution in [-0.2, 0) is 9.53 Å². The first kappa shape index (κ1) is 10.2. The van der Waals surface area contributed by atoms with Gasteiger partial charge in [-0.05, 0) is 6.92 Å². The van der Waals surface area contributed by atoms with Gasteiger partial charge >= 0.3 is 17.6 Å². The van der Waals surface area contributed by atoms with E-state index in [1.165, 1.54) is 0 Å². The van der Waals surface area contributed by atoms with Crippen LogP contribution in [0.25, 0.3) is 0 Å². The molecule has 0 saturated heterocycles. The van der Waals surface area contributed by atoms with E-state index in [0.717, 1.165) is 6.29 Å². The van der Waals surface area contributed by atoms with Crippen LogP contribution < -0.4 is 0 Å². The van der Waals surface area contributed by atoms with Gasteiger partial charge in [-0.15, -0.1) is 0 Å². The topological polar surface area (TPSA) is 26.3 Å². The molecule has 0 fully saturated rings. The van der Waals surface area contributed by atoms with Gasteiger partial charge in [0.15, 0.2) is 0 Å². The number of rotatable bonds is 3. The molecular formula is C4H12GeO2. The third kappa shape index (κ3) is 10.7. The zero-order valence-corrected chi connectivity index (χ0v) is 3.81. The van der Waals surface area contributed by atoms with Crippen molar-refractivity contribution in [3.05, 3.63) is 0 Å². The summed E-state index contributed by atoms with van der Waals surface area (Å²) in [6, 6.07) is 0. The van der Waals surface area contributed by atoms with E-state index in [2.05, 4.69) is 4.74 Å². The quantitative estimate of drug-likeness (QED) is 0.297. The molecule has 0 rings (SSSR count). The molecule has 0 heterocycles. The molecule has 2 nitrogen and oxygen atoms in total. The molecule has 0 saturated carbocycles. The van der Waals surface area contributed by atoms with Crippen molar-refractivity contribution in [2.75, 3.05) is 13.2 Å². The van der Waals surface area contributed by atoms with Crippen LogP contribution in [0.3, 0.4) is 0 Å². The summed E-state index contributed by atoms with van der Waals surface area (Å²) >= 11 is 0. The summed E-state index contributed by atoms with van der Waals surface area (Å²) in [6.07, 6.45) is 0.740. The van der Waals surface area contributed by atoms with Gasteiger partial charge in [-0.3, -0.25) is 0 Å². The van der Waals surface area contributed by atoms with Gasteiger partial charge in [0.25, 0.3) is 0 Å². The van der Waals surface area contributed by atoms with E-state index in [1.807, 2.05) is 6.92 Å². The summed E-state index contributed by atoms with van der Waals surface area (Å²) in [4.78, 5) is 9.44. The Labute approximate surface area is 54.2 Å². The van der Waals surface area contributed by atoms with Crippen molar-refractivity contribution in [3.8, 4) is 0 Å². The van der Waals surface area contributed by atoms with E-state index in [1.54, 1.807) is 0 Å². The minimum atomic E-state index is 0. The maximum atomic E-state index is 9.44. The van der Waals surface area contributed by atoms with Crippen LogP contribution in [-0.4, -0.2) is 37.1 Å². The van der Waals surface area contributed by atoms with E-state index >= 15 is 0 Å². The van der Waals surface area contributed by atoms with E-state index in [0.29, 0.717) is 6.61 Å². The standard InChI is InChI=1S/C4H8O2.GeH4/c1-2-6-4-3-5;/h3H,2,4H2,1H3;1H4. The van der Waals surface area contributed by atoms with E-state index in [-0.39, 0.29) is 24.2 Å². The molecule has 0 amide bonds. The monoisotopic (exact) mass is 166 g/mol. The van der Waals surface area contributed by atoms with Crippen molar-refractivity contribution in [3.63, 3.8) is 0 Å². The summed E-state index contributed by atoms with van der Waals surface area (Å²) in [5.41, 5.74) is 0. The van der Waals surface area contributed by atoms with Crippen LogP contribution in [0.5, 0.6) is 0 Å². The Morgan fingerprint density at radius 2 is 2.29 bits per heavy atom. The molecule has 0 radical (unpaired) electrons. The van der Waals surface area contributed by atoms with E-state index in [4.69, 9.17) is 0 Å². The zero-order valence-electron chi connectivity index (χ0n) is 3.81. The van der Waals surface area contributed by atoms with Gasteiger partial charge in [-0.2, -0.15) is 0 Å². The number of hydrogen-bond donors (Lipinski definition) is 0. The number of aldehydes is 1. The Morgan fingerprint density at radius 3 is 2.43 bits per heavy atom.